The van der Waals surface area contributed by atoms with Crippen LogP contribution in [0.4, 0.5) is 8.78 Å². The number of benzene rings is 2. The minimum absolute atomic E-state index is 0.133. The van der Waals surface area contributed by atoms with Gasteiger partial charge in [0.1, 0.15) is 16.6 Å². The molecule has 0 spiro atoms. The summed E-state index contributed by atoms with van der Waals surface area (Å²) in [5.41, 5.74) is -0.700. The lowest BCUT2D eigenvalue weighted by Crippen LogP contribution is -2.30. The van der Waals surface area contributed by atoms with E-state index < -0.39 is 17.2 Å². The number of aromatic nitrogens is 5. The Labute approximate surface area is 154 Å². The summed E-state index contributed by atoms with van der Waals surface area (Å²) in [5, 5.41) is 24.9. The average molecular weight is 394 g/mol. The van der Waals surface area contributed by atoms with Crippen molar-refractivity contribution in [1.82, 2.24) is 25.6 Å². The number of hydrogen-bond acceptors (Lipinski definition) is 6. The fourth-order valence-corrected chi connectivity index (χ4v) is 4.05. The van der Waals surface area contributed by atoms with E-state index in [0.29, 0.717) is 23.0 Å². The standard InChI is InChI=1S/C16H10ClF2N5OS/c17-7-16(25,10-3-2-9(18)6-11(10)19)15-20-12-4-1-8(5-13(12)26-15)14-21-23-24-22-14/h1-6,25H,7H2,(H,21,22,23,24). The molecule has 0 radical (unpaired) electrons. The number of aliphatic hydroxyl groups is 1. The van der Waals surface area contributed by atoms with Gasteiger partial charge < -0.3 is 5.11 Å². The molecular formula is C16H10ClF2N5OS. The first-order chi connectivity index (χ1) is 12.5. The minimum Gasteiger partial charge on any atom is -0.376 e. The van der Waals surface area contributed by atoms with Gasteiger partial charge in [0.2, 0.25) is 5.82 Å². The third kappa shape index (κ3) is 2.74. The highest BCUT2D eigenvalue weighted by Crippen LogP contribution is 2.38. The molecular weight excluding hydrogens is 384 g/mol. The van der Waals surface area contributed by atoms with Gasteiger partial charge in [-0.2, -0.15) is 5.21 Å². The molecule has 1 unspecified atom stereocenters. The summed E-state index contributed by atoms with van der Waals surface area (Å²) < 4.78 is 28.1. The Hall–Kier alpha value is -2.49. The molecule has 132 valence electrons. The van der Waals surface area contributed by atoms with Crippen LogP contribution in [0.15, 0.2) is 36.4 Å². The first-order valence-electron chi connectivity index (χ1n) is 7.40. The Morgan fingerprint density at radius 2 is 2.04 bits per heavy atom. The van der Waals surface area contributed by atoms with Gasteiger partial charge in [-0.3, -0.25) is 0 Å². The lowest BCUT2D eigenvalue weighted by atomic mass is 9.96. The summed E-state index contributed by atoms with van der Waals surface area (Å²) in [4.78, 5) is 4.38. The summed E-state index contributed by atoms with van der Waals surface area (Å²) in [7, 11) is 0. The van der Waals surface area contributed by atoms with E-state index in [4.69, 9.17) is 11.6 Å². The topological polar surface area (TPSA) is 87.6 Å². The normalized spacial score (nSPS) is 13.8. The van der Waals surface area contributed by atoms with Crippen LogP contribution in [-0.4, -0.2) is 36.6 Å². The number of nitrogens with one attached hydrogen (secondary N) is 1. The highest BCUT2D eigenvalue weighted by Gasteiger charge is 2.37. The second-order valence-corrected chi connectivity index (χ2v) is 6.85. The van der Waals surface area contributed by atoms with Gasteiger partial charge in [-0.25, -0.2) is 13.8 Å². The lowest BCUT2D eigenvalue weighted by Gasteiger charge is -2.24. The Kier molecular flexibility index (Phi) is 4.14. The van der Waals surface area contributed by atoms with Crippen LogP contribution >= 0.6 is 22.9 Å². The number of halogens is 3. The molecule has 0 aliphatic rings. The number of tetrazole rings is 1. The number of thiazole rings is 1. The molecule has 4 rings (SSSR count). The zero-order valence-corrected chi connectivity index (χ0v) is 14.5. The molecule has 2 N–H and O–H groups in total. The molecule has 2 aromatic heterocycles. The van der Waals surface area contributed by atoms with Gasteiger partial charge in [0, 0.05) is 17.2 Å². The second-order valence-electron chi connectivity index (χ2n) is 5.56. The largest absolute Gasteiger partial charge is 0.376 e. The molecule has 0 amide bonds. The van der Waals surface area contributed by atoms with E-state index in [9.17, 15) is 13.9 Å². The van der Waals surface area contributed by atoms with Gasteiger partial charge in [-0.1, -0.05) is 0 Å². The molecule has 6 nitrogen and oxygen atoms in total. The Balaban J connectivity index is 1.83. The van der Waals surface area contributed by atoms with Gasteiger partial charge in [-0.05, 0) is 35.5 Å². The molecule has 2 aromatic carbocycles. The predicted molar refractivity (Wildman–Crippen MR) is 92.9 cm³/mol. The molecule has 0 aliphatic carbocycles. The highest BCUT2D eigenvalue weighted by molar-refractivity contribution is 7.18. The van der Waals surface area contributed by atoms with Gasteiger partial charge in [0.25, 0.3) is 0 Å². The molecule has 26 heavy (non-hydrogen) atoms. The Bertz CT molecular complexity index is 1090. The summed E-state index contributed by atoms with van der Waals surface area (Å²) in [6.45, 7) is 0. The maximum Gasteiger partial charge on any atom is 0.204 e. The first-order valence-corrected chi connectivity index (χ1v) is 8.75. The van der Waals surface area contributed by atoms with E-state index in [2.05, 4.69) is 25.6 Å². The van der Waals surface area contributed by atoms with Gasteiger partial charge >= 0.3 is 0 Å². The van der Waals surface area contributed by atoms with Crippen LogP contribution in [0.2, 0.25) is 0 Å². The fourth-order valence-electron chi connectivity index (χ4n) is 2.59. The van der Waals surface area contributed by atoms with E-state index in [1.807, 2.05) is 0 Å². The van der Waals surface area contributed by atoms with Crippen molar-refractivity contribution in [2.45, 2.75) is 5.60 Å². The monoisotopic (exact) mass is 393 g/mol. The third-order valence-corrected chi connectivity index (χ3v) is 5.47. The molecule has 4 aromatic rings. The second kappa shape index (κ2) is 6.35. The van der Waals surface area contributed by atoms with E-state index in [1.54, 1.807) is 18.2 Å². The van der Waals surface area contributed by atoms with Crippen LogP contribution in [-0.2, 0) is 5.60 Å². The van der Waals surface area contributed by atoms with E-state index in [0.717, 1.165) is 22.1 Å². The summed E-state index contributed by atoms with van der Waals surface area (Å²) >= 11 is 7.11. The molecule has 0 fully saturated rings. The quantitative estimate of drug-likeness (QED) is 0.520. The molecule has 1 atom stereocenters. The number of aromatic amines is 1. The maximum atomic E-state index is 14.2. The summed E-state index contributed by atoms with van der Waals surface area (Å²) in [6, 6.07) is 8.22. The molecule has 0 bridgehead atoms. The zero-order valence-electron chi connectivity index (χ0n) is 12.9. The van der Waals surface area contributed by atoms with Crippen LogP contribution in [0.25, 0.3) is 21.6 Å². The van der Waals surface area contributed by atoms with Crippen LogP contribution in [0.5, 0.6) is 0 Å². The summed E-state index contributed by atoms with van der Waals surface area (Å²) in [5.74, 6) is -1.55. The van der Waals surface area contributed by atoms with Crippen molar-refractivity contribution in [3.8, 4) is 11.4 Å². The van der Waals surface area contributed by atoms with Crippen LogP contribution in [0.3, 0.4) is 0 Å². The van der Waals surface area contributed by atoms with Crippen molar-refractivity contribution in [2.75, 3.05) is 5.88 Å². The van der Waals surface area contributed by atoms with Crippen molar-refractivity contribution in [3.05, 3.63) is 58.6 Å². The molecule has 0 saturated carbocycles. The number of rotatable bonds is 4. The zero-order chi connectivity index (χ0) is 18.3. The highest BCUT2D eigenvalue weighted by atomic mass is 35.5. The Morgan fingerprint density at radius 3 is 2.73 bits per heavy atom. The lowest BCUT2D eigenvalue weighted by molar-refractivity contribution is 0.101. The summed E-state index contributed by atoms with van der Waals surface area (Å²) in [6.07, 6.45) is 0. The van der Waals surface area contributed by atoms with Crippen LogP contribution < -0.4 is 0 Å². The number of alkyl halides is 1. The van der Waals surface area contributed by atoms with E-state index >= 15 is 0 Å². The minimum atomic E-state index is -1.88. The number of hydrogen-bond donors (Lipinski definition) is 2. The number of H-pyrrole nitrogens is 1. The predicted octanol–water partition coefficient (Wildman–Crippen LogP) is 3.23. The van der Waals surface area contributed by atoms with Crippen molar-refractivity contribution >= 4 is 33.2 Å². The van der Waals surface area contributed by atoms with E-state index in [-0.39, 0.29) is 16.5 Å². The van der Waals surface area contributed by atoms with Crippen molar-refractivity contribution in [3.63, 3.8) is 0 Å². The average Bonchev–Trinajstić information content (AvgIpc) is 3.30. The molecule has 10 heteroatoms. The molecule has 2 heterocycles. The van der Waals surface area contributed by atoms with Crippen molar-refractivity contribution in [2.24, 2.45) is 0 Å². The van der Waals surface area contributed by atoms with Crippen LogP contribution in [0.1, 0.15) is 10.6 Å². The first kappa shape index (κ1) is 17.0. The molecule has 0 aliphatic heterocycles. The SMILES string of the molecule is OC(CCl)(c1nc2ccc(-c3nn[nH]n3)cc2s1)c1ccc(F)cc1F. The van der Waals surface area contributed by atoms with Gasteiger partial charge in [0.15, 0.2) is 5.60 Å². The molecule has 0 saturated heterocycles. The van der Waals surface area contributed by atoms with Gasteiger partial charge in [-0.15, -0.1) is 33.1 Å². The number of nitrogens with zero attached hydrogens (tertiary/aromatic N) is 4. The van der Waals surface area contributed by atoms with Crippen molar-refractivity contribution < 1.29 is 13.9 Å². The fraction of sp³-hybridized carbons (Fsp3) is 0.125. The van der Waals surface area contributed by atoms with E-state index in [1.165, 1.54) is 6.07 Å². The number of fused-ring (bicyclic) bond motifs is 1. The maximum absolute atomic E-state index is 14.2. The van der Waals surface area contributed by atoms with Crippen LogP contribution in [0, 0.1) is 11.6 Å². The third-order valence-electron chi connectivity index (χ3n) is 3.92. The van der Waals surface area contributed by atoms with Crippen molar-refractivity contribution in [1.29, 1.82) is 0 Å². The Morgan fingerprint density at radius 1 is 1.19 bits per heavy atom. The smallest absolute Gasteiger partial charge is 0.204 e. The van der Waals surface area contributed by atoms with Gasteiger partial charge in [0.05, 0.1) is 16.1 Å².